The summed E-state index contributed by atoms with van der Waals surface area (Å²) in [5, 5.41) is 13.0. The van der Waals surface area contributed by atoms with Crippen molar-refractivity contribution in [2.24, 2.45) is 0 Å². The van der Waals surface area contributed by atoms with Gasteiger partial charge in [-0.1, -0.05) is 6.07 Å². The van der Waals surface area contributed by atoms with E-state index in [1.807, 2.05) is 36.1 Å². The molecule has 1 aliphatic carbocycles. The molecule has 182 valence electrons. The molecule has 1 saturated heterocycles. The van der Waals surface area contributed by atoms with Crippen LogP contribution in [-0.4, -0.2) is 69.1 Å². The Kier molecular flexibility index (Phi) is 6.45. The Hall–Kier alpha value is -3.79. The van der Waals surface area contributed by atoms with Crippen LogP contribution < -0.4 is 10.6 Å². The molecule has 2 aromatic carbocycles. The molecule has 2 heterocycles. The summed E-state index contributed by atoms with van der Waals surface area (Å²) in [6.07, 6.45) is 2.32. The fraction of sp³-hybridized carbons (Fsp3) is 0.360. The summed E-state index contributed by atoms with van der Waals surface area (Å²) in [6.45, 7) is 3.95. The van der Waals surface area contributed by atoms with E-state index in [9.17, 15) is 14.0 Å². The maximum absolute atomic E-state index is 13.4. The van der Waals surface area contributed by atoms with Crippen LogP contribution in [0, 0.1) is 5.82 Å². The lowest BCUT2D eigenvalue weighted by atomic mass is 10.2. The van der Waals surface area contributed by atoms with Crippen molar-refractivity contribution in [1.29, 1.82) is 0 Å². The highest BCUT2D eigenvalue weighted by Gasteiger charge is 2.28. The van der Waals surface area contributed by atoms with Gasteiger partial charge in [-0.05, 0) is 62.2 Å². The first-order chi connectivity index (χ1) is 17.0. The van der Waals surface area contributed by atoms with Gasteiger partial charge in [0.15, 0.2) is 5.82 Å². The maximum Gasteiger partial charge on any atom is 0.321 e. The number of hydrogen-bond acceptors (Lipinski definition) is 5. The molecular formula is C25H28FN7O2. The van der Waals surface area contributed by atoms with E-state index in [4.69, 9.17) is 0 Å². The number of hydrogen-bond donors (Lipinski definition) is 3. The van der Waals surface area contributed by atoms with Crippen LogP contribution in [0.15, 0.2) is 48.5 Å². The molecule has 1 unspecified atom stereocenters. The lowest BCUT2D eigenvalue weighted by molar-refractivity contribution is -0.121. The first-order valence-electron chi connectivity index (χ1n) is 11.9. The molecule has 1 aromatic heterocycles. The highest BCUT2D eigenvalue weighted by atomic mass is 19.1. The van der Waals surface area contributed by atoms with Crippen molar-refractivity contribution in [1.82, 2.24) is 25.0 Å². The Morgan fingerprint density at radius 1 is 1.03 bits per heavy atom. The van der Waals surface area contributed by atoms with Gasteiger partial charge < -0.3 is 15.5 Å². The van der Waals surface area contributed by atoms with Crippen LogP contribution in [0.4, 0.5) is 20.6 Å². The Morgan fingerprint density at radius 3 is 2.46 bits per heavy atom. The summed E-state index contributed by atoms with van der Waals surface area (Å²) in [5.41, 5.74) is 2.02. The number of halogens is 1. The molecule has 35 heavy (non-hydrogen) atoms. The van der Waals surface area contributed by atoms with E-state index in [0.29, 0.717) is 49.3 Å². The van der Waals surface area contributed by atoms with E-state index in [1.54, 1.807) is 17.0 Å². The third-order valence-corrected chi connectivity index (χ3v) is 6.48. The van der Waals surface area contributed by atoms with E-state index in [0.717, 1.165) is 24.2 Å². The van der Waals surface area contributed by atoms with Crippen molar-refractivity contribution in [3.8, 4) is 11.4 Å². The zero-order valence-electron chi connectivity index (χ0n) is 19.5. The number of aromatic nitrogens is 3. The molecule has 2 fully saturated rings. The molecule has 3 aromatic rings. The smallest absolute Gasteiger partial charge is 0.321 e. The van der Waals surface area contributed by atoms with Crippen LogP contribution in [0.5, 0.6) is 0 Å². The number of nitrogens with zero attached hydrogens (tertiary/aromatic N) is 4. The average Bonchev–Trinajstić information content (AvgIpc) is 3.60. The summed E-state index contributed by atoms with van der Waals surface area (Å²) < 4.78 is 13.4. The molecule has 1 aliphatic heterocycles. The number of rotatable bonds is 6. The second-order valence-electron chi connectivity index (χ2n) is 9.02. The van der Waals surface area contributed by atoms with E-state index >= 15 is 0 Å². The van der Waals surface area contributed by atoms with Crippen LogP contribution in [0.3, 0.4) is 0 Å². The van der Waals surface area contributed by atoms with Crippen LogP contribution in [-0.2, 0) is 4.79 Å². The van der Waals surface area contributed by atoms with Crippen molar-refractivity contribution in [3.63, 3.8) is 0 Å². The normalized spacial score (nSPS) is 17.1. The van der Waals surface area contributed by atoms with Crippen LogP contribution in [0.1, 0.15) is 31.5 Å². The molecule has 3 amide bonds. The van der Waals surface area contributed by atoms with Gasteiger partial charge in [-0.15, -0.1) is 0 Å². The Morgan fingerprint density at radius 2 is 1.77 bits per heavy atom. The summed E-state index contributed by atoms with van der Waals surface area (Å²) in [5.74, 6) is 1.52. The lowest BCUT2D eigenvalue weighted by Gasteiger charge is -2.37. The first kappa shape index (κ1) is 23.0. The van der Waals surface area contributed by atoms with Crippen LogP contribution in [0.25, 0.3) is 11.4 Å². The van der Waals surface area contributed by atoms with E-state index in [2.05, 4.69) is 25.8 Å². The predicted octanol–water partition coefficient (Wildman–Crippen LogP) is 3.66. The summed E-state index contributed by atoms with van der Waals surface area (Å²) in [7, 11) is 0. The van der Waals surface area contributed by atoms with Crippen molar-refractivity contribution in [2.75, 3.05) is 36.8 Å². The zero-order valence-corrected chi connectivity index (χ0v) is 19.5. The Bertz CT molecular complexity index is 1200. The Labute approximate surface area is 202 Å². The topological polar surface area (TPSA) is 106 Å². The number of nitrogens with one attached hydrogen (secondary N) is 3. The number of urea groups is 1. The average molecular weight is 478 g/mol. The van der Waals surface area contributed by atoms with E-state index in [-0.39, 0.29) is 11.9 Å². The number of carbonyl (C=O) groups is 2. The second-order valence-corrected chi connectivity index (χ2v) is 9.02. The van der Waals surface area contributed by atoms with Gasteiger partial charge in [0, 0.05) is 49.0 Å². The van der Waals surface area contributed by atoms with Gasteiger partial charge >= 0.3 is 6.03 Å². The molecule has 9 nitrogen and oxygen atoms in total. The molecule has 1 saturated carbocycles. The number of piperazine rings is 1. The van der Waals surface area contributed by atoms with Crippen LogP contribution >= 0.6 is 0 Å². The largest absolute Gasteiger partial charge is 0.325 e. The van der Waals surface area contributed by atoms with E-state index in [1.165, 1.54) is 12.1 Å². The molecule has 0 radical (unpaired) electrons. The maximum atomic E-state index is 13.4. The minimum atomic E-state index is -0.398. The Balaban J connectivity index is 1.10. The minimum Gasteiger partial charge on any atom is -0.325 e. The predicted molar refractivity (Wildman–Crippen MR) is 130 cm³/mol. The number of amides is 3. The van der Waals surface area contributed by atoms with Gasteiger partial charge in [-0.25, -0.2) is 14.2 Å². The molecular weight excluding hydrogens is 449 g/mol. The third-order valence-electron chi connectivity index (χ3n) is 6.48. The molecule has 1 atom stereocenters. The number of carbonyl (C=O) groups excluding carboxylic acids is 2. The molecule has 0 spiro atoms. The minimum absolute atomic E-state index is 0.178. The number of anilines is 2. The summed E-state index contributed by atoms with van der Waals surface area (Å²) >= 11 is 0. The molecule has 2 aliphatic rings. The monoisotopic (exact) mass is 477 g/mol. The van der Waals surface area contributed by atoms with Gasteiger partial charge in [0.05, 0.1) is 6.04 Å². The van der Waals surface area contributed by atoms with Gasteiger partial charge in [0.25, 0.3) is 0 Å². The second kappa shape index (κ2) is 9.83. The van der Waals surface area contributed by atoms with Crippen molar-refractivity contribution in [2.45, 2.75) is 31.7 Å². The fourth-order valence-corrected chi connectivity index (χ4v) is 4.14. The van der Waals surface area contributed by atoms with Crippen molar-refractivity contribution in [3.05, 3.63) is 60.2 Å². The highest BCUT2D eigenvalue weighted by Crippen LogP contribution is 2.38. The third kappa shape index (κ3) is 5.48. The first-order valence-corrected chi connectivity index (χ1v) is 11.9. The summed E-state index contributed by atoms with van der Waals surface area (Å²) in [4.78, 5) is 33.6. The quantitative estimate of drug-likeness (QED) is 0.502. The number of H-pyrrole nitrogens is 1. The van der Waals surface area contributed by atoms with Gasteiger partial charge in [0.1, 0.15) is 11.6 Å². The van der Waals surface area contributed by atoms with Gasteiger partial charge in [0.2, 0.25) is 5.91 Å². The molecule has 10 heteroatoms. The van der Waals surface area contributed by atoms with Crippen molar-refractivity contribution < 1.29 is 14.0 Å². The summed E-state index contributed by atoms with van der Waals surface area (Å²) in [6, 6.07) is 12.7. The van der Waals surface area contributed by atoms with Crippen LogP contribution in [0.2, 0.25) is 0 Å². The number of aromatic amines is 1. The van der Waals surface area contributed by atoms with Gasteiger partial charge in [-0.3, -0.25) is 14.8 Å². The molecule has 0 bridgehead atoms. The highest BCUT2D eigenvalue weighted by molar-refractivity contribution is 5.94. The van der Waals surface area contributed by atoms with Gasteiger partial charge in [-0.2, -0.15) is 5.10 Å². The SMILES string of the molecule is CC(C(=O)Nc1cccc(F)c1)N1CCN(C(=O)Nc2ccc(-c3n[nH]c(C4CC4)n3)cc2)CC1. The zero-order chi connectivity index (χ0) is 24.4. The number of benzene rings is 2. The van der Waals surface area contributed by atoms with E-state index < -0.39 is 11.9 Å². The lowest BCUT2D eigenvalue weighted by Crippen LogP contribution is -2.54. The van der Waals surface area contributed by atoms with Crippen molar-refractivity contribution >= 4 is 23.3 Å². The fourth-order valence-electron chi connectivity index (χ4n) is 4.14. The molecule has 3 N–H and O–H groups in total. The standard InChI is InChI=1S/C25H28FN7O2/c1-16(24(34)27-21-4-2-3-19(26)15-21)32-11-13-33(14-12-32)25(35)28-20-9-7-18(8-10-20)23-29-22(30-31-23)17-5-6-17/h2-4,7-10,15-17H,5-6,11-14H2,1H3,(H,27,34)(H,28,35)(H,29,30,31). The molecule has 5 rings (SSSR count).